The van der Waals surface area contributed by atoms with Crippen LogP contribution in [0.25, 0.3) is 10.2 Å². The summed E-state index contributed by atoms with van der Waals surface area (Å²) in [6, 6.07) is 9.90. The minimum absolute atomic E-state index is 0. The number of aromatic nitrogens is 3. The molecule has 0 aliphatic carbocycles. The Morgan fingerprint density at radius 3 is 2.80 bits per heavy atom. The van der Waals surface area contributed by atoms with E-state index in [1.165, 1.54) is 0 Å². The van der Waals surface area contributed by atoms with E-state index in [1.807, 2.05) is 35.1 Å². The predicted octanol–water partition coefficient (Wildman–Crippen LogP) is 2.31. The molecule has 6 nitrogen and oxygen atoms in total. The van der Waals surface area contributed by atoms with Crippen LogP contribution in [0.1, 0.15) is 17.8 Å². The highest BCUT2D eigenvalue weighted by atomic mass is 35.5. The number of carbonyl (C=O) groups is 1. The lowest BCUT2D eigenvalue weighted by Crippen LogP contribution is -2.54. The second-order valence-electron chi connectivity index (χ2n) is 5.99. The lowest BCUT2D eigenvalue weighted by Gasteiger charge is -2.36. The fraction of sp³-hybridized carbons (Fsp3) is 0.353. The number of halogens is 1. The molecule has 4 rings (SSSR count). The third kappa shape index (κ3) is 3.40. The molecule has 0 bridgehead atoms. The van der Waals surface area contributed by atoms with Gasteiger partial charge in [-0.3, -0.25) is 9.48 Å². The number of hydrogen-bond donors (Lipinski definition) is 2. The van der Waals surface area contributed by atoms with Gasteiger partial charge in [-0.1, -0.05) is 12.1 Å². The minimum atomic E-state index is -0.606. The summed E-state index contributed by atoms with van der Waals surface area (Å²) in [5, 5.41) is 11.7. The summed E-state index contributed by atoms with van der Waals surface area (Å²) in [5.41, 5.74) is 0.376. The van der Waals surface area contributed by atoms with Crippen LogP contribution in [0.15, 0.2) is 42.7 Å². The van der Waals surface area contributed by atoms with E-state index in [2.05, 4.69) is 26.8 Å². The average molecular weight is 378 g/mol. The first-order valence-corrected chi connectivity index (χ1v) is 8.93. The van der Waals surface area contributed by atoms with Crippen molar-refractivity contribution in [1.29, 1.82) is 0 Å². The normalized spacial score (nSPS) is 16.3. The van der Waals surface area contributed by atoms with Gasteiger partial charge in [0, 0.05) is 12.4 Å². The molecule has 3 heterocycles. The Morgan fingerprint density at radius 2 is 2.08 bits per heavy atom. The van der Waals surface area contributed by atoms with Crippen molar-refractivity contribution in [1.82, 2.24) is 25.4 Å². The van der Waals surface area contributed by atoms with E-state index in [-0.39, 0.29) is 18.3 Å². The van der Waals surface area contributed by atoms with Gasteiger partial charge in [-0.2, -0.15) is 5.10 Å². The second kappa shape index (κ2) is 7.51. The van der Waals surface area contributed by atoms with Crippen LogP contribution in [0, 0.1) is 0 Å². The predicted molar refractivity (Wildman–Crippen MR) is 101 cm³/mol. The molecule has 25 heavy (non-hydrogen) atoms. The summed E-state index contributed by atoms with van der Waals surface area (Å²) >= 11 is 1.62. The molecule has 132 valence electrons. The first-order chi connectivity index (χ1) is 11.8. The van der Waals surface area contributed by atoms with Crippen LogP contribution >= 0.6 is 23.7 Å². The van der Waals surface area contributed by atoms with E-state index in [1.54, 1.807) is 17.5 Å². The van der Waals surface area contributed by atoms with Crippen molar-refractivity contribution in [2.75, 3.05) is 13.1 Å². The molecule has 1 aliphatic heterocycles. The number of thiazole rings is 1. The fourth-order valence-corrected chi connectivity index (χ4v) is 4.15. The highest BCUT2D eigenvalue weighted by Crippen LogP contribution is 2.28. The van der Waals surface area contributed by atoms with Crippen LogP contribution in [0.4, 0.5) is 0 Å². The first kappa shape index (κ1) is 17.8. The minimum Gasteiger partial charge on any atom is -0.347 e. The van der Waals surface area contributed by atoms with Crippen molar-refractivity contribution >= 4 is 39.9 Å². The smallest absolute Gasteiger partial charge is 0.248 e. The molecule has 2 aromatic heterocycles. The maximum atomic E-state index is 13.0. The van der Waals surface area contributed by atoms with Crippen LogP contribution in [0.2, 0.25) is 0 Å². The number of fused-ring (bicyclic) bond motifs is 1. The molecule has 1 saturated heterocycles. The van der Waals surface area contributed by atoms with Gasteiger partial charge in [0.2, 0.25) is 5.91 Å². The zero-order valence-electron chi connectivity index (χ0n) is 13.6. The van der Waals surface area contributed by atoms with Gasteiger partial charge in [-0.05, 0) is 44.1 Å². The summed E-state index contributed by atoms with van der Waals surface area (Å²) < 4.78 is 2.95. The number of benzene rings is 1. The Kier molecular flexibility index (Phi) is 5.36. The van der Waals surface area contributed by atoms with Crippen molar-refractivity contribution in [3.05, 3.63) is 47.7 Å². The third-order valence-electron chi connectivity index (χ3n) is 4.53. The summed E-state index contributed by atoms with van der Waals surface area (Å²) in [6.45, 7) is 2.08. The maximum Gasteiger partial charge on any atom is 0.248 e. The Morgan fingerprint density at radius 1 is 1.28 bits per heavy atom. The van der Waals surface area contributed by atoms with Crippen molar-refractivity contribution in [2.24, 2.45) is 0 Å². The number of para-hydroxylation sites is 1. The fourth-order valence-electron chi connectivity index (χ4n) is 3.24. The summed E-state index contributed by atoms with van der Waals surface area (Å²) in [5.74, 6) is 0.0203. The van der Waals surface area contributed by atoms with Gasteiger partial charge in [0.1, 0.15) is 10.5 Å². The van der Waals surface area contributed by atoms with Gasteiger partial charge in [0.25, 0.3) is 0 Å². The van der Waals surface area contributed by atoms with Crippen molar-refractivity contribution in [3.63, 3.8) is 0 Å². The molecule has 1 fully saturated rings. The van der Waals surface area contributed by atoms with E-state index >= 15 is 0 Å². The van der Waals surface area contributed by atoms with Gasteiger partial charge in [0.05, 0.1) is 16.8 Å². The number of hydrogen-bond acceptors (Lipinski definition) is 5. The number of amides is 1. The van der Waals surface area contributed by atoms with Crippen LogP contribution < -0.4 is 10.6 Å². The zero-order valence-corrected chi connectivity index (χ0v) is 15.3. The van der Waals surface area contributed by atoms with Gasteiger partial charge >= 0.3 is 0 Å². The summed E-state index contributed by atoms with van der Waals surface area (Å²) in [4.78, 5) is 17.6. The molecule has 0 radical (unpaired) electrons. The van der Waals surface area contributed by atoms with E-state index < -0.39 is 5.54 Å². The molecule has 0 spiro atoms. The molecule has 3 aromatic rings. The molecule has 2 N–H and O–H groups in total. The monoisotopic (exact) mass is 377 g/mol. The van der Waals surface area contributed by atoms with Gasteiger partial charge in [-0.15, -0.1) is 23.7 Å². The highest BCUT2D eigenvalue weighted by molar-refractivity contribution is 7.18. The molecular weight excluding hydrogens is 358 g/mol. The molecule has 0 unspecified atom stereocenters. The quantitative estimate of drug-likeness (QED) is 0.731. The van der Waals surface area contributed by atoms with Crippen molar-refractivity contribution < 1.29 is 4.79 Å². The molecular formula is C17H20ClN5OS. The Hall–Kier alpha value is -1.96. The van der Waals surface area contributed by atoms with Crippen molar-refractivity contribution in [2.45, 2.75) is 24.9 Å². The van der Waals surface area contributed by atoms with E-state index in [0.29, 0.717) is 6.54 Å². The number of piperidine rings is 1. The Bertz CT molecular complexity index is 809. The number of rotatable bonds is 4. The molecule has 1 amide bonds. The SMILES string of the molecule is Cl.O=C(NCc1nc2ccccc2s1)C1(n2cccn2)CCNCC1. The van der Waals surface area contributed by atoms with E-state index in [9.17, 15) is 4.79 Å². The molecule has 1 aliphatic rings. The Balaban J connectivity index is 0.00000182. The number of nitrogens with one attached hydrogen (secondary N) is 2. The summed E-state index contributed by atoms with van der Waals surface area (Å²) in [6.07, 6.45) is 5.08. The van der Waals surface area contributed by atoms with Crippen LogP contribution in [0.5, 0.6) is 0 Å². The maximum absolute atomic E-state index is 13.0. The summed E-state index contributed by atoms with van der Waals surface area (Å²) in [7, 11) is 0. The molecule has 0 saturated carbocycles. The first-order valence-electron chi connectivity index (χ1n) is 8.11. The van der Waals surface area contributed by atoms with Crippen LogP contribution in [-0.4, -0.2) is 33.8 Å². The Labute approximate surface area is 156 Å². The topological polar surface area (TPSA) is 71.8 Å². The molecule has 1 aromatic carbocycles. The van der Waals surface area contributed by atoms with E-state index in [4.69, 9.17) is 0 Å². The lowest BCUT2D eigenvalue weighted by molar-refractivity contribution is -0.132. The number of nitrogens with zero attached hydrogens (tertiary/aromatic N) is 3. The van der Waals surface area contributed by atoms with Crippen LogP contribution in [-0.2, 0) is 16.9 Å². The lowest BCUT2D eigenvalue weighted by atomic mass is 9.87. The third-order valence-corrected chi connectivity index (χ3v) is 5.57. The van der Waals surface area contributed by atoms with E-state index in [0.717, 1.165) is 41.2 Å². The zero-order chi connectivity index (χ0) is 16.4. The van der Waals surface area contributed by atoms with Crippen LogP contribution in [0.3, 0.4) is 0 Å². The van der Waals surface area contributed by atoms with Gasteiger partial charge in [-0.25, -0.2) is 4.98 Å². The molecule has 8 heteroatoms. The second-order valence-corrected chi connectivity index (χ2v) is 7.11. The largest absolute Gasteiger partial charge is 0.347 e. The average Bonchev–Trinajstić information content (AvgIpc) is 3.29. The number of carbonyl (C=O) groups excluding carboxylic acids is 1. The standard InChI is InChI=1S/C17H19N5OS.ClH/c23-16(17(6-9-18-10-7-17)22-11-3-8-20-22)19-12-15-21-13-4-1-2-5-14(13)24-15;/h1-5,8,11,18H,6-7,9-10,12H2,(H,19,23);1H. The van der Waals surface area contributed by atoms with Gasteiger partial charge < -0.3 is 10.6 Å². The van der Waals surface area contributed by atoms with Gasteiger partial charge in [0.15, 0.2) is 0 Å². The van der Waals surface area contributed by atoms with Crippen molar-refractivity contribution in [3.8, 4) is 0 Å². The highest BCUT2D eigenvalue weighted by Gasteiger charge is 2.41. The molecule has 0 atom stereocenters.